The number of ether oxygens (including phenoxy) is 1. The van der Waals surface area contributed by atoms with Crippen molar-refractivity contribution in [3.63, 3.8) is 0 Å². The molecule has 1 fully saturated rings. The summed E-state index contributed by atoms with van der Waals surface area (Å²) in [4.78, 5) is 27.7. The van der Waals surface area contributed by atoms with Gasteiger partial charge in [-0.15, -0.1) is 0 Å². The maximum Gasteiger partial charge on any atom is 0.269 e. The minimum atomic E-state index is -0.492. The number of hydrogen-bond donors (Lipinski definition) is 0. The van der Waals surface area contributed by atoms with Gasteiger partial charge in [-0.3, -0.25) is 19.7 Å². The Morgan fingerprint density at radius 1 is 1.55 bits per heavy atom. The highest BCUT2D eigenvalue weighted by atomic mass is 16.7. The quantitative estimate of drug-likeness (QED) is 0.600. The molecule has 1 saturated heterocycles. The van der Waals surface area contributed by atoms with E-state index in [9.17, 15) is 14.9 Å². The summed E-state index contributed by atoms with van der Waals surface area (Å²) in [5.41, 5.74) is 0.585. The first-order valence-corrected chi connectivity index (χ1v) is 6.18. The van der Waals surface area contributed by atoms with Gasteiger partial charge in [0.25, 0.3) is 11.6 Å². The smallest absolute Gasteiger partial charge is 0.269 e. The average Bonchev–Trinajstić information content (AvgIpc) is 2.41. The number of nitro groups is 1. The lowest BCUT2D eigenvalue weighted by Gasteiger charge is -2.34. The summed E-state index contributed by atoms with van der Waals surface area (Å²) in [6.07, 6.45) is 0. The van der Waals surface area contributed by atoms with Crippen LogP contribution in [0.5, 0.6) is 0 Å². The average molecular weight is 280 g/mol. The van der Waals surface area contributed by atoms with Crippen LogP contribution in [0.15, 0.2) is 24.3 Å². The SMILES string of the molecule is CON(C)C(=O)C(c1cccc([N+](=O)[O-])c1)C1COC1. The molecule has 1 atom stereocenters. The molecule has 1 unspecified atom stereocenters. The molecule has 1 aromatic carbocycles. The molecule has 1 amide bonds. The van der Waals surface area contributed by atoms with Gasteiger partial charge in [-0.25, -0.2) is 5.06 Å². The van der Waals surface area contributed by atoms with E-state index >= 15 is 0 Å². The van der Waals surface area contributed by atoms with E-state index in [-0.39, 0.29) is 17.5 Å². The van der Waals surface area contributed by atoms with Crippen LogP contribution >= 0.6 is 0 Å². The number of hydrogen-bond acceptors (Lipinski definition) is 5. The van der Waals surface area contributed by atoms with E-state index in [0.717, 1.165) is 5.06 Å². The van der Waals surface area contributed by atoms with Crippen LogP contribution in [0, 0.1) is 16.0 Å². The number of benzene rings is 1. The molecule has 7 nitrogen and oxygen atoms in total. The predicted octanol–water partition coefficient (Wildman–Crippen LogP) is 1.34. The van der Waals surface area contributed by atoms with Crippen molar-refractivity contribution in [1.29, 1.82) is 0 Å². The van der Waals surface area contributed by atoms with Crippen molar-refractivity contribution in [2.75, 3.05) is 27.4 Å². The number of rotatable bonds is 5. The molecule has 2 rings (SSSR count). The second-order valence-electron chi connectivity index (χ2n) is 4.65. The third kappa shape index (κ3) is 2.78. The van der Waals surface area contributed by atoms with Crippen molar-refractivity contribution in [2.24, 2.45) is 5.92 Å². The molecule has 7 heteroatoms. The van der Waals surface area contributed by atoms with E-state index in [0.29, 0.717) is 18.8 Å². The summed E-state index contributed by atoms with van der Waals surface area (Å²) in [5.74, 6) is -0.711. The molecule has 0 N–H and O–H groups in total. The molecule has 0 radical (unpaired) electrons. The van der Waals surface area contributed by atoms with Crippen LogP contribution in [0.1, 0.15) is 11.5 Å². The van der Waals surface area contributed by atoms with Gasteiger partial charge in [-0.05, 0) is 5.56 Å². The fourth-order valence-electron chi connectivity index (χ4n) is 2.18. The first kappa shape index (κ1) is 14.4. The van der Waals surface area contributed by atoms with Crippen molar-refractivity contribution in [3.05, 3.63) is 39.9 Å². The Morgan fingerprint density at radius 3 is 2.75 bits per heavy atom. The molecular weight excluding hydrogens is 264 g/mol. The zero-order valence-corrected chi connectivity index (χ0v) is 11.3. The lowest BCUT2D eigenvalue weighted by Crippen LogP contribution is -2.42. The number of hydroxylamine groups is 2. The summed E-state index contributed by atoms with van der Waals surface area (Å²) < 4.78 is 5.13. The molecule has 0 aliphatic carbocycles. The maximum atomic E-state index is 12.4. The van der Waals surface area contributed by atoms with Crippen molar-refractivity contribution in [2.45, 2.75) is 5.92 Å². The van der Waals surface area contributed by atoms with Crippen molar-refractivity contribution < 1.29 is 19.3 Å². The normalized spacial score (nSPS) is 16.3. The highest BCUT2D eigenvalue weighted by Gasteiger charge is 2.37. The number of likely N-dealkylation sites (N-methyl/N-ethyl adjacent to an activating group) is 1. The Kier molecular flexibility index (Phi) is 4.31. The predicted molar refractivity (Wildman–Crippen MR) is 69.9 cm³/mol. The molecule has 0 aromatic heterocycles. The highest BCUT2D eigenvalue weighted by Crippen LogP contribution is 2.33. The third-order valence-corrected chi connectivity index (χ3v) is 3.43. The van der Waals surface area contributed by atoms with Crippen LogP contribution in [0.25, 0.3) is 0 Å². The van der Waals surface area contributed by atoms with Crippen LogP contribution in [0.2, 0.25) is 0 Å². The standard InChI is InChI=1S/C13H16N2O5/c1-14(19-2)13(16)12(10-7-20-8-10)9-4-3-5-11(6-9)15(17)18/h3-6,10,12H,7-8H2,1-2H3. The number of carbonyl (C=O) groups is 1. The van der Waals surface area contributed by atoms with Gasteiger partial charge in [0.15, 0.2) is 0 Å². The Bertz CT molecular complexity index is 515. The minimum absolute atomic E-state index is 0.0158. The van der Waals surface area contributed by atoms with E-state index in [2.05, 4.69) is 0 Å². The molecule has 20 heavy (non-hydrogen) atoms. The van der Waals surface area contributed by atoms with Gasteiger partial charge in [0.05, 0.1) is 31.2 Å². The first-order valence-electron chi connectivity index (χ1n) is 6.18. The van der Waals surface area contributed by atoms with Gasteiger partial charge in [0, 0.05) is 25.1 Å². The Labute approximate surface area is 116 Å². The van der Waals surface area contributed by atoms with Crippen LogP contribution < -0.4 is 0 Å². The molecule has 0 bridgehead atoms. The van der Waals surface area contributed by atoms with E-state index in [1.807, 2.05) is 0 Å². The summed E-state index contributed by atoms with van der Waals surface area (Å²) in [6, 6.07) is 6.14. The molecular formula is C13H16N2O5. The fraction of sp³-hybridized carbons (Fsp3) is 0.462. The zero-order chi connectivity index (χ0) is 14.7. The van der Waals surface area contributed by atoms with Crippen LogP contribution in [0.4, 0.5) is 5.69 Å². The number of amides is 1. The minimum Gasteiger partial charge on any atom is -0.381 e. The summed E-state index contributed by atoms with van der Waals surface area (Å²) in [5, 5.41) is 12.0. The Hall–Kier alpha value is -1.99. The van der Waals surface area contributed by atoms with Crippen molar-refractivity contribution in [3.8, 4) is 0 Å². The molecule has 108 valence electrons. The molecule has 1 aliphatic heterocycles. The van der Waals surface area contributed by atoms with Crippen LogP contribution in [-0.4, -0.2) is 43.3 Å². The van der Waals surface area contributed by atoms with Crippen LogP contribution in [0.3, 0.4) is 0 Å². The van der Waals surface area contributed by atoms with E-state index in [4.69, 9.17) is 9.57 Å². The van der Waals surface area contributed by atoms with Gasteiger partial charge in [0.2, 0.25) is 0 Å². The number of carbonyl (C=O) groups excluding carboxylic acids is 1. The van der Waals surface area contributed by atoms with Gasteiger partial charge >= 0.3 is 0 Å². The summed E-state index contributed by atoms with van der Waals surface area (Å²) in [6.45, 7) is 0.938. The highest BCUT2D eigenvalue weighted by molar-refractivity contribution is 5.83. The second kappa shape index (κ2) is 5.98. The van der Waals surface area contributed by atoms with E-state index < -0.39 is 10.8 Å². The largest absolute Gasteiger partial charge is 0.381 e. The molecule has 1 aliphatic rings. The number of non-ortho nitro benzene ring substituents is 1. The zero-order valence-electron chi connectivity index (χ0n) is 11.3. The lowest BCUT2D eigenvalue weighted by molar-refractivity contribution is -0.384. The Balaban J connectivity index is 2.33. The third-order valence-electron chi connectivity index (χ3n) is 3.43. The molecule has 1 aromatic rings. The van der Waals surface area contributed by atoms with Gasteiger partial charge < -0.3 is 4.74 Å². The van der Waals surface area contributed by atoms with Crippen molar-refractivity contribution in [1.82, 2.24) is 5.06 Å². The first-order chi connectivity index (χ1) is 9.54. The number of nitro benzene ring substituents is 1. The molecule has 0 saturated carbocycles. The van der Waals surface area contributed by atoms with Crippen LogP contribution in [-0.2, 0) is 14.4 Å². The summed E-state index contributed by atoms with van der Waals surface area (Å²) >= 11 is 0. The van der Waals surface area contributed by atoms with E-state index in [1.165, 1.54) is 26.3 Å². The Morgan fingerprint density at radius 2 is 2.25 bits per heavy atom. The van der Waals surface area contributed by atoms with Gasteiger partial charge in [-0.2, -0.15) is 0 Å². The van der Waals surface area contributed by atoms with Gasteiger partial charge in [0.1, 0.15) is 0 Å². The maximum absolute atomic E-state index is 12.4. The van der Waals surface area contributed by atoms with Crippen molar-refractivity contribution >= 4 is 11.6 Å². The molecule has 1 heterocycles. The fourth-order valence-corrected chi connectivity index (χ4v) is 2.18. The topological polar surface area (TPSA) is 81.9 Å². The van der Waals surface area contributed by atoms with E-state index in [1.54, 1.807) is 12.1 Å². The van der Waals surface area contributed by atoms with Gasteiger partial charge in [-0.1, -0.05) is 12.1 Å². The number of nitrogens with zero attached hydrogens (tertiary/aromatic N) is 2. The monoisotopic (exact) mass is 280 g/mol. The summed E-state index contributed by atoms with van der Waals surface area (Å²) in [7, 11) is 2.92. The second-order valence-corrected chi connectivity index (χ2v) is 4.65. The lowest BCUT2D eigenvalue weighted by atomic mass is 9.83. The molecule has 0 spiro atoms.